The molecule has 1 atom stereocenters. The lowest BCUT2D eigenvalue weighted by Crippen LogP contribution is -2.46. The normalized spacial score (nSPS) is 15.4. The van der Waals surface area contributed by atoms with Gasteiger partial charge in [0.05, 0.1) is 5.02 Å². The Labute approximate surface area is 266 Å². The molecule has 5 rings (SSSR count). The Balaban J connectivity index is 1.31. The summed E-state index contributed by atoms with van der Waals surface area (Å²) in [6.45, 7) is 4.36. The van der Waals surface area contributed by atoms with Crippen molar-refractivity contribution in [3.63, 3.8) is 0 Å². The third kappa shape index (κ3) is 6.53. The second-order valence-corrected chi connectivity index (χ2v) is 13.4. The summed E-state index contributed by atoms with van der Waals surface area (Å²) in [4.78, 5) is 17.6. The number of sulfonamides is 1. The zero-order valence-corrected chi connectivity index (χ0v) is 26.7. The van der Waals surface area contributed by atoms with Crippen LogP contribution in [-0.2, 0) is 27.8 Å². The van der Waals surface area contributed by atoms with Crippen LogP contribution < -0.4 is 15.8 Å². The van der Waals surface area contributed by atoms with Gasteiger partial charge in [-0.1, -0.05) is 59.6 Å². The number of benzene rings is 3. The van der Waals surface area contributed by atoms with Crippen LogP contribution >= 0.6 is 23.2 Å². The number of hydrogen-bond donors (Lipinski definition) is 3. The topological polar surface area (TPSA) is 138 Å². The second-order valence-electron chi connectivity index (χ2n) is 10.8. The van der Waals surface area contributed by atoms with E-state index in [0.29, 0.717) is 48.2 Å². The number of halogens is 2. The largest absolute Gasteiger partial charge is 0.487 e. The van der Waals surface area contributed by atoms with Crippen LogP contribution in [0.1, 0.15) is 40.8 Å². The first kappa shape index (κ1) is 31.7. The van der Waals surface area contributed by atoms with Gasteiger partial charge in [-0.2, -0.15) is 4.31 Å². The average Bonchev–Trinajstić information content (AvgIpc) is 3.49. The van der Waals surface area contributed by atoms with E-state index in [1.807, 2.05) is 44.2 Å². The number of nitrogens with zero attached hydrogens (tertiary/aromatic N) is 2. The van der Waals surface area contributed by atoms with Gasteiger partial charge >= 0.3 is 0 Å². The molecule has 0 spiro atoms. The van der Waals surface area contributed by atoms with Crippen LogP contribution in [0, 0.1) is 19.3 Å². The van der Waals surface area contributed by atoms with E-state index in [0.717, 1.165) is 22.2 Å². The SMILES string of the molecule is Cc1cc(C)c2cccc(OCc3c(Cl)ccc(S(=O)(=O)N4CCCC4C(=O)NCCc4ccc(C(=N)N)cc4)c3Cl)c2n1. The van der Waals surface area contributed by atoms with Crippen LogP contribution in [0.15, 0.2) is 65.6 Å². The monoisotopic (exact) mass is 653 g/mol. The fourth-order valence-electron chi connectivity index (χ4n) is 5.44. The summed E-state index contributed by atoms with van der Waals surface area (Å²) in [5, 5.41) is 11.5. The summed E-state index contributed by atoms with van der Waals surface area (Å²) >= 11 is 13.2. The number of amides is 1. The smallest absolute Gasteiger partial charge is 0.245 e. The molecule has 0 saturated carbocycles. The molecule has 0 bridgehead atoms. The number of rotatable bonds is 10. The number of ether oxygens (including phenoxy) is 1. The van der Waals surface area contributed by atoms with E-state index in [2.05, 4.69) is 10.3 Å². The fraction of sp³-hybridized carbons (Fsp3) is 0.281. The molecule has 4 aromatic rings. The van der Waals surface area contributed by atoms with Gasteiger partial charge in [-0.15, -0.1) is 0 Å². The lowest BCUT2D eigenvalue weighted by Gasteiger charge is -2.24. The standard InChI is InChI=1S/C32H33Cl2N5O4S/c1-19-17-20(2)38-30-23(19)5-3-7-27(30)43-18-24-25(33)12-13-28(29(24)34)44(41,42)39-16-4-6-26(39)32(40)37-15-14-21-8-10-22(11-9-21)31(35)36/h3,5,7-13,17,26H,4,6,14-16,18H2,1-2H3,(H3,35,36)(H,37,40). The highest BCUT2D eigenvalue weighted by molar-refractivity contribution is 7.89. The van der Waals surface area contributed by atoms with Gasteiger partial charge < -0.3 is 15.8 Å². The summed E-state index contributed by atoms with van der Waals surface area (Å²) in [6, 6.07) is 16.8. The van der Waals surface area contributed by atoms with Gasteiger partial charge in [-0.25, -0.2) is 13.4 Å². The molecule has 9 nitrogen and oxygen atoms in total. The van der Waals surface area contributed by atoms with Crippen molar-refractivity contribution < 1.29 is 17.9 Å². The van der Waals surface area contributed by atoms with E-state index in [-0.39, 0.29) is 39.8 Å². The van der Waals surface area contributed by atoms with E-state index < -0.39 is 16.1 Å². The number of pyridine rings is 1. The third-order valence-corrected chi connectivity index (χ3v) is 10.6. The fourth-order valence-corrected chi connectivity index (χ4v) is 7.96. The van der Waals surface area contributed by atoms with Gasteiger partial charge in [0.15, 0.2) is 0 Å². The molecule has 44 heavy (non-hydrogen) atoms. The van der Waals surface area contributed by atoms with Crippen LogP contribution in [0.5, 0.6) is 5.75 Å². The number of aryl methyl sites for hydroxylation is 2. The van der Waals surface area contributed by atoms with E-state index in [4.69, 9.17) is 39.1 Å². The Bertz CT molecular complexity index is 1850. The predicted octanol–water partition coefficient (Wildman–Crippen LogP) is 5.53. The number of fused-ring (bicyclic) bond motifs is 1. The molecule has 3 aromatic carbocycles. The van der Waals surface area contributed by atoms with Gasteiger partial charge in [0.25, 0.3) is 0 Å². The van der Waals surface area contributed by atoms with Crippen molar-refractivity contribution in [1.29, 1.82) is 5.41 Å². The molecule has 1 saturated heterocycles. The number of hydrogen-bond acceptors (Lipinski definition) is 6. The van der Waals surface area contributed by atoms with Gasteiger partial charge in [0.2, 0.25) is 15.9 Å². The Hall–Kier alpha value is -3.70. The molecule has 1 unspecified atom stereocenters. The van der Waals surface area contributed by atoms with E-state index in [1.165, 1.54) is 16.4 Å². The highest BCUT2D eigenvalue weighted by Crippen LogP contribution is 2.36. The molecule has 1 aliphatic heterocycles. The van der Waals surface area contributed by atoms with Crippen molar-refractivity contribution >= 4 is 55.9 Å². The summed E-state index contributed by atoms with van der Waals surface area (Å²) in [5.41, 5.74) is 10.0. The molecular formula is C32H33Cl2N5O4S. The predicted molar refractivity (Wildman–Crippen MR) is 173 cm³/mol. The number of nitrogens with two attached hydrogens (primary N) is 1. The molecule has 4 N–H and O–H groups in total. The number of para-hydroxylation sites is 1. The number of nitrogens with one attached hydrogen (secondary N) is 2. The summed E-state index contributed by atoms with van der Waals surface area (Å²) in [5.74, 6) is 0.148. The summed E-state index contributed by atoms with van der Waals surface area (Å²) in [7, 11) is -4.14. The number of carbonyl (C=O) groups excluding carboxylic acids is 1. The minimum Gasteiger partial charge on any atom is -0.487 e. The highest BCUT2D eigenvalue weighted by Gasteiger charge is 2.40. The maximum Gasteiger partial charge on any atom is 0.245 e. The van der Waals surface area contributed by atoms with Crippen LogP contribution in [0.2, 0.25) is 10.0 Å². The highest BCUT2D eigenvalue weighted by atomic mass is 35.5. The Morgan fingerprint density at radius 3 is 2.61 bits per heavy atom. The molecule has 1 fully saturated rings. The van der Waals surface area contributed by atoms with Gasteiger partial charge in [-0.05, 0) is 68.5 Å². The quantitative estimate of drug-likeness (QED) is 0.152. The van der Waals surface area contributed by atoms with Crippen LogP contribution in [0.25, 0.3) is 10.9 Å². The zero-order chi connectivity index (χ0) is 31.6. The van der Waals surface area contributed by atoms with Crippen molar-refractivity contribution in [1.82, 2.24) is 14.6 Å². The lowest BCUT2D eigenvalue weighted by atomic mass is 10.1. The Morgan fingerprint density at radius 2 is 1.89 bits per heavy atom. The van der Waals surface area contributed by atoms with Crippen LogP contribution in [0.4, 0.5) is 0 Å². The van der Waals surface area contributed by atoms with Crippen molar-refractivity contribution in [3.8, 4) is 5.75 Å². The Kier molecular flexibility index (Phi) is 9.45. The number of amidine groups is 1. The lowest BCUT2D eigenvalue weighted by molar-refractivity contribution is -0.124. The maximum absolute atomic E-state index is 13.9. The van der Waals surface area contributed by atoms with Crippen molar-refractivity contribution in [3.05, 3.63) is 98.7 Å². The first-order valence-electron chi connectivity index (χ1n) is 14.2. The van der Waals surface area contributed by atoms with Crippen LogP contribution in [-0.4, -0.2) is 48.6 Å². The van der Waals surface area contributed by atoms with Gasteiger partial charge in [-0.3, -0.25) is 10.2 Å². The molecule has 1 amide bonds. The average molecular weight is 655 g/mol. The van der Waals surface area contributed by atoms with E-state index in [1.54, 1.807) is 18.2 Å². The molecule has 1 aromatic heterocycles. The molecular weight excluding hydrogens is 621 g/mol. The van der Waals surface area contributed by atoms with Gasteiger partial charge in [0.1, 0.15) is 34.6 Å². The van der Waals surface area contributed by atoms with Crippen LogP contribution in [0.3, 0.4) is 0 Å². The maximum atomic E-state index is 13.9. The molecule has 1 aliphatic rings. The molecule has 0 radical (unpaired) electrons. The zero-order valence-electron chi connectivity index (χ0n) is 24.4. The molecule has 12 heteroatoms. The van der Waals surface area contributed by atoms with E-state index in [9.17, 15) is 13.2 Å². The number of carbonyl (C=O) groups is 1. The number of nitrogen functional groups attached to an aromatic ring is 1. The van der Waals surface area contributed by atoms with Crippen molar-refractivity contribution in [2.45, 2.75) is 50.7 Å². The summed E-state index contributed by atoms with van der Waals surface area (Å²) < 4.78 is 35.1. The van der Waals surface area contributed by atoms with Crippen molar-refractivity contribution in [2.75, 3.05) is 13.1 Å². The van der Waals surface area contributed by atoms with Crippen molar-refractivity contribution in [2.24, 2.45) is 5.73 Å². The van der Waals surface area contributed by atoms with E-state index >= 15 is 0 Å². The molecule has 2 heterocycles. The first-order chi connectivity index (χ1) is 21.0. The number of aromatic nitrogens is 1. The second kappa shape index (κ2) is 13.1. The molecule has 230 valence electrons. The minimum absolute atomic E-state index is 0.0138. The third-order valence-electron chi connectivity index (χ3n) is 7.73. The minimum atomic E-state index is -4.14. The van der Waals surface area contributed by atoms with Gasteiger partial charge in [0, 0.05) is 40.3 Å². The summed E-state index contributed by atoms with van der Waals surface area (Å²) in [6.07, 6.45) is 1.48. The molecule has 0 aliphatic carbocycles. The first-order valence-corrected chi connectivity index (χ1v) is 16.4. The Morgan fingerprint density at radius 1 is 1.14 bits per heavy atom.